The first-order valence-corrected chi connectivity index (χ1v) is 43.4. The van der Waals surface area contributed by atoms with Gasteiger partial charge in [0, 0.05) is 191 Å². The SMILES string of the molecule is COCCn1cc(-c2cn(C(C)c3ccccc3)c3cc(-c4c(C)noc4C)cnc23)cn1.Cc1nn(C)cc1-c1cn(C(C)c2ccccc2)c2cc(-c3c(C)noc3C)cnc12.Cc1noc(C)c1-c1cnc2c(-c3cnn(C)c3)cn(C(C(=O)O)c3ccccc3)c2c1.Cc1noc(C)c1-c1cnc2c(-c3cnn(C4CCOC4)c3)cn(C(C)c3ccccc3)c2c1. The van der Waals surface area contributed by atoms with Crippen LogP contribution >= 0.6 is 0 Å². The average Bonchev–Trinajstić information content (AvgIpc) is 1.61. The first kappa shape index (κ1) is 85.5. The third-order valence-electron chi connectivity index (χ3n) is 24.7. The first-order chi connectivity index (χ1) is 63.0. The highest BCUT2D eigenvalue weighted by Crippen LogP contribution is 2.44. The van der Waals surface area contributed by atoms with E-state index in [0.717, 1.165) is 181 Å². The van der Waals surface area contributed by atoms with Crippen molar-refractivity contribution < 1.29 is 37.5 Å². The van der Waals surface area contributed by atoms with Crippen molar-refractivity contribution in [3.05, 3.63) is 312 Å². The van der Waals surface area contributed by atoms with Crippen LogP contribution in [-0.2, 0) is 34.9 Å². The van der Waals surface area contributed by atoms with E-state index in [0.29, 0.717) is 48.2 Å². The summed E-state index contributed by atoms with van der Waals surface area (Å²) in [6.45, 7) is 27.0. The van der Waals surface area contributed by atoms with Crippen LogP contribution in [0.1, 0.15) is 131 Å². The smallest absolute Gasteiger partial charge is 0.331 e. The Balaban J connectivity index is 0.000000117. The zero-order valence-electron chi connectivity index (χ0n) is 75.2. The normalized spacial score (nSPS) is 13.6. The van der Waals surface area contributed by atoms with Gasteiger partial charge in [0.2, 0.25) is 0 Å². The molecule has 4 aromatic carbocycles. The Hall–Kier alpha value is -15.3. The number of methoxy groups -OCH3 is 1. The van der Waals surface area contributed by atoms with E-state index >= 15 is 0 Å². The van der Waals surface area contributed by atoms with Gasteiger partial charge < -0.3 is 50.9 Å². The summed E-state index contributed by atoms with van der Waals surface area (Å²) in [5.74, 6) is 2.13. The Labute approximate surface area is 750 Å². The quantitative estimate of drug-likeness (QED) is 0.0699. The largest absolute Gasteiger partial charge is 0.479 e. The van der Waals surface area contributed by atoms with Gasteiger partial charge in [-0.15, -0.1) is 0 Å². The van der Waals surface area contributed by atoms with Gasteiger partial charge in [-0.1, -0.05) is 142 Å². The predicted molar refractivity (Wildman–Crippen MR) is 500 cm³/mol. The van der Waals surface area contributed by atoms with Gasteiger partial charge in [-0.25, -0.2) is 4.79 Å². The van der Waals surface area contributed by atoms with E-state index in [1.54, 1.807) is 28.8 Å². The van der Waals surface area contributed by atoms with E-state index in [1.807, 2.05) is 188 Å². The third kappa shape index (κ3) is 16.6. The molecular formula is C102H100N20O8. The Bertz CT molecular complexity index is 7370. The molecule has 656 valence electrons. The molecule has 1 aliphatic rings. The number of nitrogens with zero attached hydrogens (tertiary/aromatic N) is 20. The van der Waals surface area contributed by atoms with Gasteiger partial charge in [0.1, 0.15) is 23.0 Å². The maximum absolute atomic E-state index is 12.4. The van der Waals surface area contributed by atoms with Crippen LogP contribution in [0.5, 0.6) is 0 Å². The van der Waals surface area contributed by atoms with Gasteiger partial charge in [-0.2, -0.15) is 20.4 Å². The van der Waals surface area contributed by atoms with E-state index in [4.69, 9.17) is 47.5 Å². The first-order valence-electron chi connectivity index (χ1n) is 43.4. The molecule has 17 heterocycles. The van der Waals surface area contributed by atoms with E-state index in [1.165, 1.54) is 16.7 Å². The van der Waals surface area contributed by atoms with Crippen LogP contribution in [-0.4, -0.2) is 136 Å². The molecule has 0 amide bonds. The minimum absolute atomic E-state index is 0.132. The predicted octanol–water partition coefficient (Wildman–Crippen LogP) is 21.2. The van der Waals surface area contributed by atoms with Crippen LogP contribution in [0.2, 0.25) is 0 Å². The minimum Gasteiger partial charge on any atom is -0.479 e. The molecule has 1 aliphatic heterocycles. The van der Waals surface area contributed by atoms with Crippen molar-refractivity contribution in [2.24, 2.45) is 14.1 Å². The number of ether oxygens (including phenoxy) is 2. The molecule has 0 aliphatic carbocycles. The molecule has 21 rings (SSSR count). The molecule has 16 aromatic heterocycles. The number of aryl methyl sites for hydroxylation is 11. The Morgan fingerprint density at radius 1 is 0.408 bits per heavy atom. The summed E-state index contributed by atoms with van der Waals surface area (Å²) in [4.78, 5) is 31.9. The summed E-state index contributed by atoms with van der Waals surface area (Å²) in [7, 11) is 5.49. The summed E-state index contributed by atoms with van der Waals surface area (Å²) in [6.07, 6.45) is 30.7. The molecule has 20 aromatic rings. The zero-order chi connectivity index (χ0) is 90.3. The van der Waals surface area contributed by atoms with Crippen molar-refractivity contribution in [3.8, 4) is 89.0 Å². The summed E-state index contributed by atoms with van der Waals surface area (Å²) < 4.78 is 48.5. The topological polar surface area (TPSA) is 302 Å². The van der Waals surface area contributed by atoms with E-state index in [-0.39, 0.29) is 18.1 Å². The van der Waals surface area contributed by atoms with Crippen molar-refractivity contribution in [2.75, 3.05) is 26.9 Å². The highest BCUT2D eigenvalue weighted by atomic mass is 16.5. The van der Waals surface area contributed by atoms with Gasteiger partial charge in [0.25, 0.3) is 0 Å². The standard InChI is InChI=1S/C27H27N5O2.C26H27N5O2.C25H25N5O.C24H21N5O3/c1-17-26(19(3)34-30-17)21-11-25-27(28-12-21)24(15-31(25)18(2)20-7-5-4-6-8-20)22-13-29-32(14-22)23-9-10-33-16-23;1-17-25(19(3)33-29-17)21-12-24-26(27-13-21)23(22-14-28-30(15-22)10-11-32-4)16-31(24)18(2)20-8-6-5-7-9-20;1-15-21(13-29(5)27-15)22-14-30(17(3)19-9-7-6-8-10-19)23-11-20(12-26-25(22)23)24-16(2)28-31-18(24)4;1-14-21(15(2)32-27-14)17-9-20-22(25-10-17)19(18-11-26-28(3)12-18)13-29(20)23(24(30)31)16-7-5-4-6-8-16/h4-8,11-15,18,23H,9-10,16H2,1-3H3;5-9,12-16,18H,10-11H2,1-4H3;6-14,17H,1-5H3;4-13,23H,1-3H3,(H,30,31). The number of carboxylic acid groups (broad SMARTS) is 1. The van der Waals surface area contributed by atoms with Crippen molar-refractivity contribution in [2.45, 2.75) is 126 Å². The highest BCUT2D eigenvalue weighted by Gasteiger charge is 2.30. The molecule has 130 heavy (non-hydrogen) atoms. The van der Waals surface area contributed by atoms with Crippen molar-refractivity contribution in [1.29, 1.82) is 0 Å². The number of aliphatic carboxylic acids is 1. The van der Waals surface area contributed by atoms with Crippen LogP contribution < -0.4 is 0 Å². The molecule has 0 spiro atoms. The summed E-state index contributed by atoms with van der Waals surface area (Å²) >= 11 is 0. The monoisotopic (exact) mass is 1730 g/mol. The lowest BCUT2D eigenvalue weighted by Crippen LogP contribution is -2.19. The van der Waals surface area contributed by atoms with Gasteiger partial charge in [-0.05, 0) is 136 Å². The number of rotatable bonds is 21. The Morgan fingerprint density at radius 3 is 1.14 bits per heavy atom. The summed E-state index contributed by atoms with van der Waals surface area (Å²) in [6, 6.07) is 49.1. The summed E-state index contributed by atoms with van der Waals surface area (Å²) in [5, 5.41) is 44.6. The number of benzene rings is 4. The van der Waals surface area contributed by atoms with Gasteiger partial charge in [0.05, 0.1) is 135 Å². The molecule has 1 N–H and O–H groups in total. The molecular weight excluding hydrogens is 1630 g/mol. The van der Waals surface area contributed by atoms with Gasteiger partial charge >= 0.3 is 5.97 Å². The van der Waals surface area contributed by atoms with Crippen LogP contribution in [0.4, 0.5) is 0 Å². The van der Waals surface area contributed by atoms with E-state index < -0.39 is 12.0 Å². The van der Waals surface area contributed by atoms with Crippen LogP contribution in [0, 0.1) is 62.3 Å². The van der Waals surface area contributed by atoms with Crippen LogP contribution in [0.25, 0.3) is 133 Å². The lowest BCUT2D eigenvalue weighted by Gasteiger charge is -2.16. The van der Waals surface area contributed by atoms with Crippen LogP contribution in [0.3, 0.4) is 0 Å². The molecule has 28 nitrogen and oxygen atoms in total. The lowest BCUT2D eigenvalue weighted by molar-refractivity contribution is -0.139. The number of carboxylic acids is 1. The molecule has 0 bridgehead atoms. The minimum atomic E-state index is -0.950. The van der Waals surface area contributed by atoms with Gasteiger partial charge in [0.15, 0.2) is 6.04 Å². The Morgan fingerprint density at radius 2 is 0.777 bits per heavy atom. The maximum Gasteiger partial charge on any atom is 0.331 e. The number of carbonyl (C=O) groups is 1. The third-order valence-corrected chi connectivity index (χ3v) is 24.7. The molecule has 5 atom stereocenters. The molecule has 0 saturated carbocycles. The second kappa shape index (κ2) is 36.2. The fourth-order valence-electron chi connectivity index (χ4n) is 18.0. The lowest BCUT2D eigenvalue weighted by atomic mass is 10.0. The average molecular weight is 1730 g/mol. The fraction of sp³-hybridized carbons (Fsp3) is 0.245. The van der Waals surface area contributed by atoms with Crippen LogP contribution in [0.15, 0.2) is 257 Å². The summed E-state index contributed by atoms with van der Waals surface area (Å²) in [5.41, 5.74) is 32.1. The molecule has 1 fully saturated rings. The maximum atomic E-state index is 12.4. The second-order valence-corrected chi connectivity index (χ2v) is 33.3. The second-order valence-electron chi connectivity index (χ2n) is 33.3. The molecule has 5 unspecified atom stereocenters. The Kier molecular flexibility index (Phi) is 23.8. The molecule has 28 heteroatoms. The number of hydrogen-bond acceptors (Lipinski definition) is 19. The van der Waals surface area contributed by atoms with Gasteiger partial charge in [-0.3, -0.25) is 38.7 Å². The van der Waals surface area contributed by atoms with Crippen molar-refractivity contribution in [3.63, 3.8) is 0 Å². The van der Waals surface area contributed by atoms with E-state index in [2.05, 4.69) is 204 Å². The molecule has 1 saturated heterocycles. The number of hydrogen-bond donors (Lipinski definition) is 1. The molecule has 0 radical (unpaired) electrons. The van der Waals surface area contributed by atoms with E-state index in [9.17, 15) is 9.90 Å². The highest BCUT2D eigenvalue weighted by molar-refractivity contribution is 5.99. The number of aromatic nitrogens is 20. The number of pyridine rings is 4. The zero-order valence-corrected chi connectivity index (χ0v) is 75.2. The number of fused-ring (bicyclic) bond motifs is 4. The fourth-order valence-corrected chi connectivity index (χ4v) is 18.0. The van der Waals surface area contributed by atoms with Crippen molar-refractivity contribution in [1.82, 2.24) is 98.0 Å². The van der Waals surface area contributed by atoms with Crippen molar-refractivity contribution >= 4 is 50.1 Å².